The lowest BCUT2D eigenvalue weighted by Gasteiger charge is -2.29. The molecule has 1 aromatic carbocycles. The number of carbonyl (C=O) groups is 1. The van der Waals surface area contributed by atoms with Gasteiger partial charge in [-0.2, -0.15) is 0 Å². The van der Waals surface area contributed by atoms with Crippen molar-refractivity contribution in [3.8, 4) is 0 Å². The van der Waals surface area contributed by atoms with E-state index in [9.17, 15) is 4.79 Å². The van der Waals surface area contributed by atoms with Gasteiger partial charge < -0.3 is 10.6 Å². The van der Waals surface area contributed by atoms with Crippen LogP contribution in [0.25, 0.3) is 0 Å². The third-order valence-electron chi connectivity index (χ3n) is 4.60. The summed E-state index contributed by atoms with van der Waals surface area (Å²) in [6.45, 7) is 4.69. The molecule has 1 aromatic rings. The van der Waals surface area contributed by atoms with Crippen LogP contribution in [-0.2, 0) is 11.2 Å². The molecule has 3 nitrogen and oxygen atoms in total. The summed E-state index contributed by atoms with van der Waals surface area (Å²) in [5.74, 6) is 0.130. The van der Waals surface area contributed by atoms with Gasteiger partial charge in [0.2, 0.25) is 5.91 Å². The van der Waals surface area contributed by atoms with Crippen LogP contribution in [0, 0.1) is 5.41 Å². The topological polar surface area (TPSA) is 41.1 Å². The molecule has 102 valence electrons. The Hall–Kier alpha value is -1.51. The van der Waals surface area contributed by atoms with Crippen molar-refractivity contribution in [3.05, 3.63) is 23.8 Å². The summed E-state index contributed by atoms with van der Waals surface area (Å²) < 4.78 is 0. The van der Waals surface area contributed by atoms with Crippen LogP contribution < -0.4 is 10.6 Å². The molecule has 0 saturated heterocycles. The molecule has 3 heteroatoms. The quantitative estimate of drug-likeness (QED) is 0.851. The summed E-state index contributed by atoms with van der Waals surface area (Å²) in [5.41, 5.74) is 3.80. The van der Waals surface area contributed by atoms with E-state index in [0.29, 0.717) is 17.9 Å². The molecule has 2 aliphatic rings. The van der Waals surface area contributed by atoms with Gasteiger partial charge in [-0.1, -0.05) is 20.3 Å². The van der Waals surface area contributed by atoms with Crippen LogP contribution in [0.1, 0.15) is 45.1 Å². The summed E-state index contributed by atoms with van der Waals surface area (Å²) in [4.78, 5) is 11.3. The minimum Gasteiger partial charge on any atom is -0.382 e. The molecule has 0 spiro atoms. The maximum absolute atomic E-state index is 11.3. The lowest BCUT2D eigenvalue weighted by Crippen LogP contribution is -2.30. The van der Waals surface area contributed by atoms with Crippen molar-refractivity contribution in [2.45, 2.75) is 52.0 Å². The standard InChI is InChI=1S/C16H22N2O/c1-16(2)9-3-4-14(16)17-12-6-7-13-11(10-12)5-8-15(19)18-13/h6-7,10,14,17H,3-5,8-9H2,1-2H3,(H,18,19). The number of hydrogen-bond donors (Lipinski definition) is 2. The van der Waals surface area contributed by atoms with E-state index >= 15 is 0 Å². The molecule has 1 unspecified atom stereocenters. The van der Waals surface area contributed by atoms with Crippen molar-refractivity contribution in [1.29, 1.82) is 0 Å². The number of amides is 1. The molecule has 0 radical (unpaired) electrons. The van der Waals surface area contributed by atoms with E-state index in [1.807, 2.05) is 6.07 Å². The number of rotatable bonds is 2. The maximum atomic E-state index is 11.3. The minimum absolute atomic E-state index is 0.130. The minimum atomic E-state index is 0.130. The zero-order valence-electron chi connectivity index (χ0n) is 11.8. The van der Waals surface area contributed by atoms with E-state index in [0.717, 1.165) is 12.1 Å². The summed E-state index contributed by atoms with van der Waals surface area (Å²) >= 11 is 0. The lowest BCUT2D eigenvalue weighted by molar-refractivity contribution is -0.116. The fourth-order valence-electron chi connectivity index (χ4n) is 3.27. The molecular formula is C16H22N2O. The first-order valence-electron chi connectivity index (χ1n) is 7.24. The van der Waals surface area contributed by atoms with Crippen molar-refractivity contribution in [2.75, 3.05) is 10.6 Å². The second kappa shape index (κ2) is 4.55. The second-order valence-corrected chi connectivity index (χ2v) is 6.50. The zero-order valence-corrected chi connectivity index (χ0v) is 11.8. The Morgan fingerprint density at radius 3 is 2.89 bits per heavy atom. The van der Waals surface area contributed by atoms with Crippen LogP contribution in [0.15, 0.2) is 18.2 Å². The van der Waals surface area contributed by atoms with E-state index in [-0.39, 0.29) is 5.91 Å². The lowest BCUT2D eigenvalue weighted by atomic mass is 9.87. The van der Waals surface area contributed by atoms with Crippen molar-refractivity contribution < 1.29 is 4.79 Å². The molecule has 1 amide bonds. The van der Waals surface area contributed by atoms with E-state index in [2.05, 4.69) is 36.6 Å². The SMILES string of the molecule is CC1(C)CCCC1Nc1ccc2c(c1)CCC(=O)N2. The Labute approximate surface area is 114 Å². The van der Waals surface area contributed by atoms with Gasteiger partial charge in [-0.05, 0) is 48.4 Å². The number of nitrogens with one attached hydrogen (secondary N) is 2. The number of carbonyl (C=O) groups excluding carboxylic acids is 1. The largest absolute Gasteiger partial charge is 0.382 e. The highest BCUT2D eigenvalue weighted by molar-refractivity contribution is 5.94. The zero-order chi connectivity index (χ0) is 13.5. The van der Waals surface area contributed by atoms with Gasteiger partial charge in [0.05, 0.1) is 0 Å². The van der Waals surface area contributed by atoms with Gasteiger partial charge in [0, 0.05) is 23.8 Å². The molecule has 2 N–H and O–H groups in total. The van der Waals surface area contributed by atoms with E-state index in [4.69, 9.17) is 0 Å². The smallest absolute Gasteiger partial charge is 0.224 e. The Bertz CT molecular complexity index is 507. The summed E-state index contributed by atoms with van der Waals surface area (Å²) in [5, 5.41) is 6.61. The summed E-state index contributed by atoms with van der Waals surface area (Å²) in [7, 11) is 0. The van der Waals surface area contributed by atoms with Crippen LogP contribution >= 0.6 is 0 Å². The predicted molar refractivity (Wildman–Crippen MR) is 78.4 cm³/mol. The molecule has 0 bridgehead atoms. The molecule has 0 aromatic heterocycles. The molecule has 1 saturated carbocycles. The van der Waals surface area contributed by atoms with Crippen LogP contribution in [0.5, 0.6) is 0 Å². The van der Waals surface area contributed by atoms with Gasteiger partial charge >= 0.3 is 0 Å². The fourth-order valence-corrected chi connectivity index (χ4v) is 3.27. The molecule has 1 heterocycles. The number of anilines is 2. The number of hydrogen-bond acceptors (Lipinski definition) is 2. The van der Waals surface area contributed by atoms with Crippen LogP contribution in [0.3, 0.4) is 0 Å². The van der Waals surface area contributed by atoms with E-state index < -0.39 is 0 Å². The molecule has 19 heavy (non-hydrogen) atoms. The third kappa shape index (κ3) is 2.46. The Morgan fingerprint density at radius 2 is 2.16 bits per heavy atom. The average molecular weight is 258 g/mol. The summed E-state index contributed by atoms with van der Waals surface area (Å²) in [6.07, 6.45) is 5.31. The van der Waals surface area contributed by atoms with Gasteiger partial charge in [-0.25, -0.2) is 0 Å². The van der Waals surface area contributed by atoms with Gasteiger partial charge in [-0.3, -0.25) is 4.79 Å². The van der Waals surface area contributed by atoms with Gasteiger partial charge in [0.15, 0.2) is 0 Å². The molecule has 1 aliphatic carbocycles. The first-order chi connectivity index (χ1) is 9.04. The third-order valence-corrected chi connectivity index (χ3v) is 4.60. The Kier molecular flexibility index (Phi) is 3.00. The van der Waals surface area contributed by atoms with Crippen LogP contribution in [0.4, 0.5) is 11.4 Å². The number of benzene rings is 1. The highest BCUT2D eigenvalue weighted by atomic mass is 16.1. The Balaban J connectivity index is 1.78. The average Bonchev–Trinajstić information content (AvgIpc) is 2.69. The molecule has 1 atom stereocenters. The first kappa shape index (κ1) is 12.5. The van der Waals surface area contributed by atoms with Crippen molar-refractivity contribution in [1.82, 2.24) is 0 Å². The Morgan fingerprint density at radius 1 is 1.32 bits per heavy atom. The van der Waals surface area contributed by atoms with E-state index in [1.165, 1.54) is 30.5 Å². The van der Waals surface area contributed by atoms with Crippen molar-refractivity contribution in [2.24, 2.45) is 5.41 Å². The molecule has 3 rings (SSSR count). The van der Waals surface area contributed by atoms with E-state index in [1.54, 1.807) is 0 Å². The van der Waals surface area contributed by atoms with Gasteiger partial charge in [0.25, 0.3) is 0 Å². The van der Waals surface area contributed by atoms with Crippen molar-refractivity contribution in [3.63, 3.8) is 0 Å². The molecule has 1 aliphatic heterocycles. The highest BCUT2D eigenvalue weighted by Crippen LogP contribution is 2.39. The highest BCUT2D eigenvalue weighted by Gasteiger charge is 2.34. The fraction of sp³-hybridized carbons (Fsp3) is 0.562. The van der Waals surface area contributed by atoms with Gasteiger partial charge in [-0.15, -0.1) is 0 Å². The molecule has 1 fully saturated rings. The maximum Gasteiger partial charge on any atom is 0.224 e. The van der Waals surface area contributed by atoms with Gasteiger partial charge in [0.1, 0.15) is 0 Å². The summed E-state index contributed by atoms with van der Waals surface area (Å²) in [6, 6.07) is 6.86. The first-order valence-corrected chi connectivity index (χ1v) is 7.24. The second-order valence-electron chi connectivity index (χ2n) is 6.50. The monoisotopic (exact) mass is 258 g/mol. The predicted octanol–water partition coefficient (Wildman–Crippen LogP) is 3.56. The number of fused-ring (bicyclic) bond motifs is 1. The van der Waals surface area contributed by atoms with Crippen LogP contribution in [0.2, 0.25) is 0 Å². The number of aryl methyl sites for hydroxylation is 1. The normalized spacial score (nSPS) is 24.7. The van der Waals surface area contributed by atoms with Crippen molar-refractivity contribution >= 4 is 17.3 Å². The van der Waals surface area contributed by atoms with Crippen LogP contribution in [-0.4, -0.2) is 11.9 Å². The molecular weight excluding hydrogens is 236 g/mol.